The first-order valence-electron chi connectivity index (χ1n) is 33.0. The summed E-state index contributed by atoms with van der Waals surface area (Å²) in [4.78, 5) is 16.9. The zero-order valence-electron chi connectivity index (χ0n) is 60.3. The topological polar surface area (TPSA) is 268 Å². The van der Waals surface area contributed by atoms with Gasteiger partial charge in [-0.05, 0) is 74.2 Å². The van der Waals surface area contributed by atoms with E-state index in [1.165, 1.54) is 107 Å². The molecule has 4 aromatic rings. The number of aromatic carboxylic acids is 1. The van der Waals surface area contributed by atoms with Gasteiger partial charge in [-0.25, -0.2) is 44.0 Å². The Kier molecular flexibility index (Phi) is 51.1. The molecule has 1 fully saturated rings. The molecule has 1 saturated heterocycles. The van der Waals surface area contributed by atoms with E-state index in [1.54, 1.807) is 51.7 Å². The van der Waals surface area contributed by atoms with Crippen LogP contribution in [-0.4, -0.2) is 256 Å². The van der Waals surface area contributed by atoms with E-state index in [9.17, 15) is 70.4 Å². The molecule has 34 heteroatoms. The largest absolute Gasteiger partial charge is 0.870 e. The van der Waals surface area contributed by atoms with Crippen LogP contribution in [0.1, 0.15) is 95.8 Å². The Morgan fingerprint density at radius 3 is 1.15 bits per heavy atom. The van der Waals surface area contributed by atoms with Crippen molar-refractivity contribution in [3.05, 3.63) is 127 Å². The number of unbranched alkanes of at least 4 members (excludes halogenated alkanes) is 4. The van der Waals surface area contributed by atoms with Gasteiger partial charge >= 0.3 is 22.4 Å². The number of quaternary nitrogens is 3. The van der Waals surface area contributed by atoms with E-state index in [2.05, 4.69) is 140 Å². The van der Waals surface area contributed by atoms with Crippen molar-refractivity contribution in [1.29, 1.82) is 0 Å². The lowest BCUT2D eigenvalue weighted by Gasteiger charge is -2.39. The summed E-state index contributed by atoms with van der Waals surface area (Å²) in [7, 11) is -7.91. The summed E-state index contributed by atoms with van der Waals surface area (Å²) in [5.41, 5.74) is 0.331. The first kappa shape index (κ1) is 98.5. The Labute approximate surface area is 598 Å². The number of hydrogen-bond acceptors (Lipinski definition) is 16. The molecule has 1 heterocycles. The number of carboxylic acid groups (broad SMARTS) is 1. The van der Waals surface area contributed by atoms with Crippen molar-refractivity contribution in [2.45, 2.75) is 123 Å². The van der Waals surface area contributed by atoms with Crippen LogP contribution in [0.2, 0.25) is 0 Å². The van der Waals surface area contributed by atoms with Crippen LogP contribution >= 0.6 is 0 Å². The van der Waals surface area contributed by atoms with E-state index in [4.69, 9.17) is 33.5 Å². The summed E-state index contributed by atoms with van der Waals surface area (Å²) in [5, 5.41) is 5.30. The number of carboxylic acids is 1. The molecule has 1 aliphatic heterocycles. The number of carbonyl (C=O) groups is 1. The maximum Gasteiger partial charge on any atom is 0.429 e. The van der Waals surface area contributed by atoms with Gasteiger partial charge in [-0.3, -0.25) is 0 Å². The molecular weight excluding hydrogens is 1430 g/mol. The number of halogens is 8. The predicted molar refractivity (Wildman–Crippen MR) is 374 cm³/mol. The molecule has 22 nitrogen and oxygen atoms in total. The number of ether oxygens (including phenoxy) is 6. The Balaban J connectivity index is 0. The highest BCUT2D eigenvalue weighted by molar-refractivity contribution is 8.05. The highest BCUT2D eigenvalue weighted by Crippen LogP contribution is 2.51. The van der Waals surface area contributed by atoms with Gasteiger partial charge < -0.3 is 53.3 Å². The zero-order chi connectivity index (χ0) is 76.0. The molecule has 0 bridgehead atoms. The van der Waals surface area contributed by atoms with Crippen molar-refractivity contribution in [2.24, 2.45) is 0 Å². The summed E-state index contributed by atoms with van der Waals surface area (Å²) in [5.74, 6) is -7.99. The summed E-state index contributed by atoms with van der Waals surface area (Å²) in [6, 6.07) is 40.4. The molecule has 0 aliphatic carbocycles. The molecule has 4 aromatic carbocycles. The minimum absolute atomic E-state index is 0. The highest BCUT2D eigenvalue weighted by atomic mass is 32.3. The normalized spacial score (nSPS) is 13.4. The number of nitrogens with zero attached hydrogens (tertiary/aromatic N) is 4. The molecule has 0 aromatic heterocycles. The Morgan fingerprint density at radius 2 is 0.881 bits per heavy atom. The average Bonchev–Trinajstić information content (AvgIpc) is 0.714. The minimum Gasteiger partial charge on any atom is -0.870 e. The Bertz CT molecular complexity index is 2910. The van der Waals surface area contributed by atoms with Gasteiger partial charge in [0.1, 0.15) is 59.8 Å². The lowest BCUT2D eigenvalue weighted by atomic mass is 10.1. The van der Waals surface area contributed by atoms with Crippen molar-refractivity contribution in [1.82, 2.24) is 13.3 Å². The second-order valence-corrected chi connectivity index (χ2v) is 31.4. The molecule has 1 aliphatic rings. The second-order valence-electron chi connectivity index (χ2n) is 23.7. The smallest absolute Gasteiger partial charge is 0.429 e. The number of hydrogen-bond donors (Lipinski definition) is 4. The fraction of sp³-hybridized carbons (Fsp3) is 0.627. The van der Waals surface area contributed by atoms with E-state index in [1.807, 2.05) is 0 Å². The average molecular weight is 1540 g/mol. The number of alkyl halides is 8. The monoisotopic (exact) mass is 1540 g/mol. The zero-order valence-corrected chi connectivity index (χ0v) is 63.6. The van der Waals surface area contributed by atoms with Crippen LogP contribution in [0.25, 0.3) is 0 Å². The fourth-order valence-corrected chi connectivity index (χ4v) is 15.2. The van der Waals surface area contributed by atoms with Gasteiger partial charge in [-0.15, -0.1) is 4.13 Å². The third kappa shape index (κ3) is 38.3. The summed E-state index contributed by atoms with van der Waals surface area (Å²) in [6.45, 7) is 14.9. The lowest BCUT2D eigenvalue weighted by Crippen LogP contribution is -3.02. The van der Waals surface area contributed by atoms with Crippen molar-refractivity contribution >= 4 is 46.9 Å². The first-order chi connectivity index (χ1) is 47.0. The van der Waals surface area contributed by atoms with E-state index < -0.39 is 91.5 Å². The number of benzene rings is 4. The summed E-state index contributed by atoms with van der Waals surface area (Å²) < 4.78 is 207. The van der Waals surface area contributed by atoms with Crippen LogP contribution < -0.4 is 9.03 Å². The molecule has 0 unspecified atom stereocenters. The number of nitrogens with one attached hydrogen (secondary N) is 2. The van der Waals surface area contributed by atoms with Crippen LogP contribution in [0.15, 0.2) is 136 Å². The van der Waals surface area contributed by atoms with Crippen molar-refractivity contribution in [3.8, 4) is 0 Å². The molecule has 0 saturated carbocycles. The maximum absolute atomic E-state index is 14.2. The van der Waals surface area contributed by atoms with Crippen LogP contribution in [0, 0.1) is 0 Å². The van der Waals surface area contributed by atoms with Crippen molar-refractivity contribution in [2.75, 3.05) is 167 Å². The van der Waals surface area contributed by atoms with E-state index in [0.717, 1.165) is 0 Å². The number of sulfonamides is 3. The van der Waals surface area contributed by atoms with E-state index >= 15 is 0 Å². The molecule has 0 amide bonds. The third-order valence-electron chi connectivity index (χ3n) is 14.4. The van der Waals surface area contributed by atoms with Crippen LogP contribution in [0.5, 0.6) is 0 Å². The van der Waals surface area contributed by atoms with Crippen LogP contribution in [0.3, 0.4) is 0 Å². The summed E-state index contributed by atoms with van der Waals surface area (Å²) in [6.07, 6.45) is 7.63. The van der Waals surface area contributed by atoms with Crippen molar-refractivity contribution in [3.63, 3.8) is 0 Å². The molecule has 5 rings (SSSR count). The first-order valence-corrected chi connectivity index (χ1v) is 39.0. The van der Waals surface area contributed by atoms with Gasteiger partial charge in [-0.2, -0.15) is 35.3 Å². The molecule has 0 radical (unpaired) electrons. The van der Waals surface area contributed by atoms with E-state index in [-0.39, 0.29) is 62.6 Å². The third-order valence-corrected chi connectivity index (χ3v) is 21.6. The van der Waals surface area contributed by atoms with Crippen LogP contribution in [-0.2, 0) is 69.4 Å². The molecule has 0 atom stereocenters. The second kappa shape index (κ2) is 52.4. The van der Waals surface area contributed by atoms with E-state index in [0.29, 0.717) is 45.0 Å². The van der Waals surface area contributed by atoms with Gasteiger partial charge in [0.2, 0.25) is 16.4 Å². The summed E-state index contributed by atoms with van der Waals surface area (Å²) >= 11 is 0. The van der Waals surface area contributed by atoms with Gasteiger partial charge in [0, 0.05) is 60.5 Å². The number of piperazine rings is 1. The van der Waals surface area contributed by atoms with Crippen molar-refractivity contribution < 1.29 is 123 Å². The Morgan fingerprint density at radius 1 is 0.564 bits per heavy atom. The van der Waals surface area contributed by atoms with Gasteiger partial charge in [-0.1, -0.05) is 126 Å². The lowest BCUT2D eigenvalue weighted by molar-refractivity contribution is -1.10. The predicted octanol–water partition coefficient (Wildman–Crippen LogP) is 10.1. The maximum atomic E-state index is 14.2. The SMILES string of the molecule is CCCC[N+](CCCC)(CCCC)CCCC.COCOCC[N+](O)(CCOCOC)CCOCOC.CS(=O)(=O)NS(=O)(=O)C(F)(F)C(F)(F)C(F)(F)S(=O)(=O)N1CCN(CCC(F)F)CC1.C[NH+](C)C.O=C(O)c1ccccc1.[OH-].c1ccc([S+](c2ccccc2)c2ccccc2)cc1. The molecule has 101 heavy (non-hydrogen) atoms. The molecule has 0 spiro atoms. The molecular formula is C67H113F8N6O16S4+3. The van der Waals surface area contributed by atoms with Gasteiger partial charge in [0.05, 0.1) is 70.0 Å². The number of hydroxylamine groups is 3. The Hall–Kier alpha value is -4.57. The number of methoxy groups -OCH3 is 3. The minimum atomic E-state index is -7.11. The standard InChI is InChI=1S/C18H15S.C16H36N.C12H28NO7.C11H17F8N3O6S3.C7H6O2.C3H9N.H2O/c1-4-10-16(11-5-1)19(17-12-6-2-7-13-17)18-14-8-3-9-15-18;1-5-9-13-17(14-10-6-2,15-11-7-3)16-12-8-4;1-15-10-18-7-4-13(14,5-8-19-11-16-2)6-9-20-12-17-3;1-29(23,24)20-30(25,26)10(16,17)9(14,15)11(18,19)31(27,28)22-6-4-21(5-7-22)3-2-8(12)13;8-7(9)6-4-2-1-3-5-6;1-4(2)3;/h1-15H;5-16H2,1-4H3;14H,4-12H2,1-3H3;8,20H,2-7H2,1H3;1-5H,(H,8,9);1-3H3;1H2/q3*+1;;;;. The molecule has 5 N–H and O–H groups in total. The highest BCUT2D eigenvalue weighted by Gasteiger charge is 2.83. The quantitative estimate of drug-likeness (QED) is 0.00803. The van der Waals surface area contributed by atoms with Gasteiger partial charge in [0.25, 0.3) is 20.0 Å². The van der Waals surface area contributed by atoms with Crippen LogP contribution in [0.4, 0.5) is 35.1 Å². The molecule has 584 valence electrons. The number of rotatable bonds is 41. The van der Waals surface area contributed by atoms with Gasteiger partial charge in [0.15, 0.2) is 14.7 Å². The fourth-order valence-electron chi connectivity index (χ4n) is 9.16.